The lowest BCUT2D eigenvalue weighted by atomic mass is 10.0. The maximum atomic E-state index is 13.2. The monoisotopic (exact) mass is 366 g/mol. The second-order valence-electron chi connectivity index (χ2n) is 7.15. The summed E-state index contributed by atoms with van der Waals surface area (Å²) < 4.78 is 0. The first kappa shape index (κ1) is 17.9. The fourth-order valence-corrected chi connectivity index (χ4v) is 3.65. The molecule has 0 saturated heterocycles. The van der Waals surface area contributed by atoms with E-state index in [1.165, 1.54) is 0 Å². The first-order valence-corrected chi connectivity index (χ1v) is 9.37. The first-order valence-electron chi connectivity index (χ1n) is 9.37. The number of benzene rings is 3. The molecule has 3 nitrogen and oxygen atoms in total. The minimum atomic E-state index is -0.121. The number of para-hydroxylation sites is 1. The summed E-state index contributed by atoms with van der Waals surface area (Å²) in [7, 11) is 0. The van der Waals surface area contributed by atoms with E-state index >= 15 is 0 Å². The maximum Gasteiger partial charge on any atom is 0.256 e. The fraction of sp³-hybridized carbons (Fsp3) is 0.120. The van der Waals surface area contributed by atoms with E-state index in [1.807, 2.05) is 87.5 Å². The number of pyridine rings is 1. The van der Waals surface area contributed by atoms with Crippen molar-refractivity contribution in [3.05, 3.63) is 95.2 Å². The van der Waals surface area contributed by atoms with Gasteiger partial charge in [0.05, 0.1) is 11.1 Å². The Bertz CT molecular complexity index is 1180. The number of hydrogen-bond donors (Lipinski definition) is 1. The molecule has 0 aliphatic rings. The minimum absolute atomic E-state index is 0.121. The molecule has 0 unspecified atom stereocenters. The summed E-state index contributed by atoms with van der Waals surface area (Å²) in [6.45, 7) is 6.00. The molecular formula is C25H22N2O. The van der Waals surface area contributed by atoms with Crippen LogP contribution >= 0.6 is 0 Å². The third kappa shape index (κ3) is 3.39. The van der Waals surface area contributed by atoms with Crippen molar-refractivity contribution in [1.29, 1.82) is 0 Å². The summed E-state index contributed by atoms with van der Waals surface area (Å²) in [5, 5.41) is 4.00. The minimum Gasteiger partial charge on any atom is -0.321 e. The summed E-state index contributed by atoms with van der Waals surface area (Å²) in [5.74, 6) is -0.121. The van der Waals surface area contributed by atoms with Crippen LogP contribution in [-0.2, 0) is 0 Å². The van der Waals surface area contributed by atoms with Crippen LogP contribution in [0.25, 0.3) is 22.0 Å². The highest BCUT2D eigenvalue weighted by atomic mass is 16.1. The lowest BCUT2D eigenvalue weighted by Crippen LogP contribution is -2.14. The van der Waals surface area contributed by atoms with Gasteiger partial charge in [-0.2, -0.15) is 0 Å². The van der Waals surface area contributed by atoms with Crippen molar-refractivity contribution in [3.8, 4) is 11.1 Å². The smallest absolute Gasteiger partial charge is 0.256 e. The van der Waals surface area contributed by atoms with E-state index in [4.69, 9.17) is 0 Å². The van der Waals surface area contributed by atoms with Gasteiger partial charge in [0.2, 0.25) is 0 Å². The average molecular weight is 366 g/mol. The number of amides is 1. The van der Waals surface area contributed by atoms with Crippen LogP contribution in [0, 0.1) is 20.8 Å². The van der Waals surface area contributed by atoms with Crippen LogP contribution in [0.4, 0.5) is 5.69 Å². The molecule has 1 amide bonds. The van der Waals surface area contributed by atoms with Crippen LogP contribution in [0.15, 0.2) is 72.8 Å². The third-order valence-corrected chi connectivity index (χ3v) is 4.88. The second-order valence-corrected chi connectivity index (χ2v) is 7.15. The molecule has 1 heterocycles. The number of nitrogens with zero attached hydrogens (tertiary/aromatic N) is 1. The quantitative estimate of drug-likeness (QED) is 0.477. The molecule has 0 aliphatic carbocycles. The van der Waals surface area contributed by atoms with Crippen molar-refractivity contribution in [2.75, 3.05) is 5.32 Å². The molecule has 0 radical (unpaired) electrons. The van der Waals surface area contributed by atoms with Crippen LogP contribution in [0.2, 0.25) is 0 Å². The van der Waals surface area contributed by atoms with Crippen molar-refractivity contribution in [2.45, 2.75) is 20.8 Å². The molecule has 0 saturated carbocycles. The summed E-state index contributed by atoms with van der Waals surface area (Å²) in [6.07, 6.45) is 0. The molecule has 0 spiro atoms. The number of fused-ring (bicyclic) bond motifs is 1. The molecular weight excluding hydrogens is 344 g/mol. The fourth-order valence-electron chi connectivity index (χ4n) is 3.65. The Morgan fingerprint density at radius 1 is 0.857 bits per heavy atom. The van der Waals surface area contributed by atoms with Gasteiger partial charge in [-0.3, -0.25) is 9.78 Å². The molecule has 0 bridgehead atoms. The lowest BCUT2D eigenvalue weighted by molar-refractivity contribution is 0.102. The van der Waals surface area contributed by atoms with Gasteiger partial charge in [0.25, 0.3) is 5.91 Å². The van der Waals surface area contributed by atoms with Crippen molar-refractivity contribution in [2.24, 2.45) is 0 Å². The van der Waals surface area contributed by atoms with Crippen molar-refractivity contribution in [1.82, 2.24) is 4.98 Å². The number of carbonyl (C=O) groups is 1. The van der Waals surface area contributed by atoms with E-state index in [1.54, 1.807) is 0 Å². The molecule has 0 aliphatic heterocycles. The van der Waals surface area contributed by atoms with Gasteiger partial charge in [-0.1, -0.05) is 60.2 Å². The second kappa shape index (κ2) is 7.28. The summed E-state index contributed by atoms with van der Waals surface area (Å²) in [5.41, 5.74) is 7.43. The molecule has 138 valence electrons. The van der Waals surface area contributed by atoms with Gasteiger partial charge in [-0.05, 0) is 50.1 Å². The zero-order valence-corrected chi connectivity index (χ0v) is 16.3. The van der Waals surface area contributed by atoms with Crippen molar-refractivity contribution in [3.63, 3.8) is 0 Å². The number of hydrogen-bond acceptors (Lipinski definition) is 2. The van der Waals surface area contributed by atoms with Gasteiger partial charge in [0, 0.05) is 22.3 Å². The SMILES string of the molecule is Cc1cc(C)c2nc(C)cc(C(=O)Nc3ccccc3-c3ccccc3)c2c1. The molecule has 0 fully saturated rings. The van der Waals surface area contributed by atoms with Gasteiger partial charge < -0.3 is 5.32 Å². The normalized spacial score (nSPS) is 10.8. The highest BCUT2D eigenvalue weighted by Gasteiger charge is 2.15. The molecule has 1 aromatic heterocycles. The molecule has 0 atom stereocenters. The topological polar surface area (TPSA) is 42.0 Å². The standard InChI is InChI=1S/C25H22N2O/c1-16-13-17(2)24-21(14-16)22(15-18(3)26-24)25(28)27-23-12-8-7-11-20(23)19-9-5-4-6-10-19/h4-15H,1-3H3,(H,27,28). The van der Waals surface area contributed by atoms with Crippen LogP contribution < -0.4 is 5.32 Å². The Kier molecular flexibility index (Phi) is 4.66. The van der Waals surface area contributed by atoms with Gasteiger partial charge >= 0.3 is 0 Å². The summed E-state index contributed by atoms with van der Waals surface area (Å²) >= 11 is 0. The molecule has 4 rings (SSSR count). The van der Waals surface area contributed by atoms with Gasteiger partial charge in [0.15, 0.2) is 0 Å². The summed E-state index contributed by atoms with van der Waals surface area (Å²) in [4.78, 5) is 17.9. The first-order chi connectivity index (χ1) is 13.5. The van der Waals surface area contributed by atoms with Gasteiger partial charge in [-0.25, -0.2) is 0 Å². The van der Waals surface area contributed by atoms with Crippen molar-refractivity contribution >= 4 is 22.5 Å². The zero-order chi connectivity index (χ0) is 19.7. The van der Waals surface area contributed by atoms with Crippen molar-refractivity contribution < 1.29 is 4.79 Å². The highest BCUT2D eigenvalue weighted by Crippen LogP contribution is 2.29. The molecule has 28 heavy (non-hydrogen) atoms. The van der Waals surface area contributed by atoms with E-state index in [0.717, 1.165) is 44.5 Å². The largest absolute Gasteiger partial charge is 0.321 e. The Balaban J connectivity index is 1.79. The van der Waals surface area contributed by atoms with E-state index in [-0.39, 0.29) is 5.91 Å². The predicted octanol–water partition coefficient (Wildman–Crippen LogP) is 6.08. The van der Waals surface area contributed by atoms with Crippen LogP contribution in [-0.4, -0.2) is 10.9 Å². The Labute approximate surface area is 165 Å². The zero-order valence-electron chi connectivity index (χ0n) is 16.3. The maximum absolute atomic E-state index is 13.2. The number of nitrogens with one attached hydrogen (secondary N) is 1. The van der Waals surface area contributed by atoms with E-state index in [0.29, 0.717) is 5.56 Å². The Morgan fingerprint density at radius 3 is 2.36 bits per heavy atom. The van der Waals surface area contributed by atoms with E-state index < -0.39 is 0 Å². The van der Waals surface area contributed by atoms with E-state index in [9.17, 15) is 4.79 Å². The van der Waals surface area contributed by atoms with Gasteiger partial charge in [-0.15, -0.1) is 0 Å². The molecule has 1 N–H and O–H groups in total. The number of rotatable bonds is 3. The van der Waals surface area contributed by atoms with E-state index in [2.05, 4.69) is 16.4 Å². The number of anilines is 1. The molecule has 3 heteroatoms. The Hall–Kier alpha value is -3.46. The third-order valence-electron chi connectivity index (χ3n) is 4.88. The lowest BCUT2D eigenvalue weighted by Gasteiger charge is -2.14. The molecule has 3 aromatic carbocycles. The van der Waals surface area contributed by atoms with Crippen LogP contribution in [0.3, 0.4) is 0 Å². The predicted molar refractivity (Wildman–Crippen MR) is 116 cm³/mol. The summed E-state index contributed by atoms with van der Waals surface area (Å²) in [6, 6.07) is 24.0. The van der Waals surface area contributed by atoms with Gasteiger partial charge in [0.1, 0.15) is 0 Å². The number of carbonyl (C=O) groups excluding carboxylic acids is 1. The number of aromatic nitrogens is 1. The molecule has 4 aromatic rings. The Morgan fingerprint density at radius 2 is 1.57 bits per heavy atom. The van der Waals surface area contributed by atoms with Crippen LogP contribution in [0.5, 0.6) is 0 Å². The average Bonchev–Trinajstić information content (AvgIpc) is 2.69. The highest BCUT2D eigenvalue weighted by molar-refractivity contribution is 6.14. The van der Waals surface area contributed by atoms with Crippen LogP contribution in [0.1, 0.15) is 27.2 Å². The number of aryl methyl sites for hydroxylation is 3.